The van der Waals surface area contributed by atoms with Crippen molar-refractivity contribution in [2.45, 2.75) is 38.7 Å². The first-order valence-electron chi connectivity index (χ1n) is 7.49. The molecule has 1 fully saturated rings. The Kier molecular flexibility index (Phi) is 5.72. The number of hydrogen-bond acceptors (Lipinski definition) is 4. The quantitative estimate of drug-likeness (QED) is 0.458. The molecule has 1 atom stereocenters. The molecule has 21 heavy (non-hydrogen) atoms. The van der Waals surface area contributed by atoms with E-state index in [-0.39, 0.29) is 19.1 Å². The van der Waals surface area contributed by atoms with Crippen LogP contribution in [0.4, 0.5) is 0 Å². The van der Waals surface area contributed by atoms with Crippen LogP contribution in [0, 0.1) is 22.0 Å². The predicted octanol–water partition coefficient (Wildman–Crippen LogP) is 3.20. The molecule has 0 spiro atoms. The van der Waals surface area contributed by atoms with Gasteiger partial charge < -0.3 is 4.74 Å². The molecule has 0 aromatic heterocycles. The van der Waals surface area contributed by atoms with Gasteiger partial charge in [-0.1, -0.05) is 49.6 Å². The zero-order chi connectivity index (χ0) is 15.1. The Labute approximate surface area is 124 Å². The van der Waals surface area contributed by atoms with Gasteiger partial charge in [-0.15, -0.1) is 0 Å². The van der Waals surface area contributed by atoms with Gasteiger partial charge in [-0.3, -0.25) is 14.9 Å². The number of nitro groups is 1. The van der Waals surface area contributed by atoms with Gasteiger partial charge in [0, 0.05) is 4.92 Å². The second kappa shape index (κ2) is 7.76. The van der Waals surface area contributed by atoms with Crippen LogP contribution in [0.5, 0.6) is 0 Å². The summed E-state index contributed by atoms with van der Waals surface area (Å²) in [6, 6.07) is 9.38. The maximum absolute atomic E-state index is 12.2. The number of hydrogen-bond donors (Lipinski definition) is 0. The normalized spacial score (nSPS) is 17.1. The van der Waals surface area contributed by atoms with Crippen LogP contribution in [-0.4, -0.2) is 17.4 Å². The monoisotopic (exact) mass is 291 g/mol. The lowest BCUT2D eigenvalue weighted by molar-refractivity contribution is -0.488. The predicted molar refractivity (Wildman–Crippen MR) is 78.2 cm³/mol. The molecule has 2 rings (SSSR count). The summed E-state index contributed by atoms with van der Waals surface area (Å²) < 4.78 is 5.30. The molecule has 0 N–H and O–H groups in total. The fourth-order valence-electron chi connectivity index (χ4n) is 2.95. The van der Waals surface area contributed by atoms with Gasteiger partial charge in [0.05, 0.1) is 0 Å². The molecule has 1 aromatic rings. The summed E-state index contributed by atoms with van der Waals surface area (Å²) in [5.41, 5.74) is 0.898. The summed E-state index contributed by atoms with van der Waals surface area (Å²) >= 11 is 0. The molecule has 1 unspecified atom stereocenters. The first kappa shape index (κ1) is 15.5. The van der Waals surface area contributed by atoms with Crippen LogP contribution in [-0.2, 0) is 16.1 Å². The Hall–Kier alpha value is -1.91. The van der Waals surface area contributed by atoms with Gasteiger partial charge in [-0.05, 0) is 24.3 Å². The fourth-order valence-corrected chi connectivity index (χ4v) is 2.95. The van der Waals surface area contributed by atoms with Gasteiger partial charge in [0.25, 0.3) is 0 Å². The molecular weight excluding hydrogens is 270 g/mol. The molecule has 1 aromatic carbocycles. The number of rotatable bonds is 6. The SMILES string of the molecule is O=C(OCc1ccccc1)C(C[N+](=O)[O-])C1CCCCC1. The lowest BCUT2D eigenvalue weighted by atomic mass is 9.80. The minimum Gasteiger partial charge on any atom is -0.460 e. The minimum absolute atomic E-state index is 0.0902. The Balaban J connectivity index is 1.94. The average molecular weight is 291 g/mol. The molecule has 1 aliphatic rings. The third kappa shape index (κ3) is 4.85. The second-order valence-electron chi connectivity index (χ2n) is 5.61. The molecule has 0 radical (unpaired) electrons. The maximum Gasteiger partial charge on any atom is 0.316 e. The first-order valence-corrected chi connectivity index (χ1v) is 7.49. The third-order valence-electron chi connectivity index (χ3n) is 4.09. The van der Waals surface area contributed by atoms with E-state index in [0.29, 0.717) is 0 Å². The summed E-state index contributed by atoms with van der Waals surface area (Å²) in [5.74, 6) is -0.945. The molecule has 0 amide bonds. The van der Waals surface area contributed by atoms with E-state index in [1.807, 2.05) is 30.3 Å². The summed E-state index contributed by atoms with van der Waals surface area (Å²) in [6.45, 7) is -0.140. The van der Waals surface area contributed by atoms with Crippen LogP contribution in [0.15, 0.2) is 30.3 Å². The molecular formula is C16H21NO4. The highest BCUT2D eigenvalue weighted by molar-refractivity contribution is 5.73. The van der Waals surface area contributed by atoms with E-state index in [1.54, 1.807) is 0 Å². The van der Waals surface area contributed by atoms with Crippen molar-refractivity contribution >= 4 is 5.97 Å². The van der Waals surface area contributed by atoms with Crippen molar-refractivity contribution in [2.75, 3.05) is 6.54 Å². The van der Waals surface area contributed by atoms with Crippen molar-refractivity contribution < 1.29 is 14.5 Å². The van der Waals surface area contributed by atoms with Crippen molar-refractivity contribution in [2.24, 2.45) is 11.8 Å². The largest absolute Gasteiger partial charge is 0.460 e. The summed E-state index contributed by atoms with van der Waals surface area (Å²) in [4.78, 5) is 22.7. The van der Waals surface area contributed by atoms with Crippen LogP contribution >= 0.6 is 0 Å². The first-order chi connectivity index (χ1) is 10.2. The minimum atomic E-state index is -0.607. The van der Waals surface area contributed by atoms with Gasteiger partial charge in [0.1, 0.15) is 12.5 Å². The number of nitrogens with zero attached hydrogens (tertiary/aromatic N) is 1. The van der Waals surface area contributed by atoms with Crippen molar-refractivity contribution in [3.8, 4) is 0 Å². The molecule has 5 heteroatoms. The van der Waals surface area contributed by atoms with Crippen LogP contribution in [0.2, 0.25) is 0 Å². The van der Waals surface area contributed by atoms with E-state index in [0.717, 1.165) is 37.7 Å². The molecule has 1 saturated carbocycles. The smallest absolute Gasteiger partial charge is 0.316 e. The highest BCUT2D eigenvalue weighted by Crippen LogP contribution is 2.31. The maximum atomic E-state index is 12.2. The molecule has 0 aliphatic heterocycles. The van der Waals surface area contributed by atoms with E-state index in [4.69, 9.17) is 4.74 Å². The van der Waals surface area contributed by atoms with Crippen LogP contribution in [0.3, 0.4) is 0 Å². The summed E-state index contributed by atoms with van der Waals surface area (Å²) in [7, 11) is 0. The third-order valence-corrected chi connectivity index (χ3v) is 4.09. The Morgan fingerprint density at radius 3 is 2.52 bits per heavy atom. The second-order valence-corrected chi connectivity index (χ2v) is 5.61. The van der Waals surface area contributed by atoms with Gasteiger partial charge >= 0.3 is 5.97 Å². The lowest BCUT2D eigenvalue weighted by Gasteiger charge is -2.26. The highest BCUT2D eigenvalue weighted by atomic mass is 16.6. The zero-order valence-corrected chi connectivity index (χ0v) is 12.1. The van der Waals surface area contributed by atoms with E-state index < -0.39 is 16.8 Å². The summed E-state index contributed by atoms with van der Waals surface area (Å²) in [6.07, 6.45) is 5.02. The number of carbonyl (C=O) groups is 1. The fraction of sp³-hybridized carbons (Fsp3) is 0.562. The zero-order valence-electron chi connectivity index (χ0n) is 12.1. The van der Waals surface area contributed by atoms with Gasteiger partial charge in [0.2, 0.25) is 6.54 Å². The number of ether oxygens (including phenoxy) is 1. The lowest BCUT2D eigenvalue weighted by Crippen LogP contribution is -2.33. The van der Waals surface area contributed by atoms with Crippen molar-refractivity contribution in [1.82, 2.24) is 0 Å². The topological polar surface area (TPSA) is 69.4 Å². The van der Waals surface area contributed by atoms with Crippen LogP contribution in [0.1, 0.15) is 37.7 Å². The van der Waals surface area contributed by atoms with E-state index in [9.17, 15) is 14.9 Å². The standard InChI is InChI=1S/C16H21NO4/c18-16(21-12-13-7-3-1-4-8-13)15(11-17(19)20)14-9-5-2-6-10-14/h1,3-4,7-8,14-15H,2,5-6,9-12H2. The van der Waals surface area contributed by atoms with Crippen LogP contribution < -0.4 is 0 Å². The molecule has 0 bridgehead atoms. The average Bonchev–Trinajstić information content (AvgIpc) is 2.52. The van der Waals surface area contributed by atoms with E-state index in [2.05, 4.69) is 0 Å². The Bertz CT molecular complexity index is 468. The molecule has 1 aliphatic carbocycles. The van der Waals surface area contributed by atoms with Gasteiger partial charge in [0.15, 0.2) is 0 Å². The van der Waals surface area contributed by atoms with Gasteiger partial charge in [-0.25, -0.2) is 0 Å². The van der Waals surface area contributed by atoms with E-state index >= 15 is 0 Å². The molecule has 0 saturated heterocycles. The van der Waals surface area contributed by atoms with Crippen LogP contribution in [0.25, 0.3) is 0 Å². The molecule has 5 nitrogen and oxygen atoms in total. The highest BCUT2D eigenvalue weighted by Gasteiger charge is 2.34. The number of carbonyl (C=O) groups excluding carboxylic acids is 1. The van der Waals surface area contributed by atoms with Gasteiger partial charge in [-0.2, -0.15) is 0 Å². The van der Waals surface area contributed by atoms with Crippen molar-refractivity contribution in [1.29, 1.82) is 0 Å². The van der Waals surface area contributed by atoms with Crippen molar-refractivity contribution in [3.63, 3.8) is 0 Å². The Morgan fingerprint density at radius 2 is 1.90 bits per heavy atom. The Morgan fingerprint density at radius 1 is 1.24 bits per heavy atom. The molecule has 0 heterocycles. The molecule has 114 valence electrons. The van der Waals surface area contributed by atoms with E-state index in [1.165, 1.54) is 0 Å². The number of benzene rings is 1. The van der Waals surface area contributed by atoms with Crippen molar-refractivity contribution in [3.05, 3.63) is 46.0 Å². The number of esters is 1. The summed E-state index contributed by atoms with van der Waals surface area (Å²) in [5, 5.41) is 10.8.